The van der Waals surface area contributed by atoms with Crippen LogP contribution >= 0.6 is 40.6 Å². The van der Waals surface area contributed by atoms with E-state index in [4.69, 9.17) is 9.79 Å². The van der Waals surface area contributed by atoms with Crippen LogP contribution in [0.15, 0.2) is 11.5 Å². The molecule has 0 saturated carbocycles. The Balaban J connectivity index is 0.000000162. The van der Waals surface area contributed by atoms with Crippen LogP contribution in [0.4, 0.5) is 0 Å². The molecule has 0 radical (unpaired) electrons. The first-order chi connectivity index (χ1) is 4.50. The number of hydrogen-bond donors (Lipinski definition) is 3. The summed E-state index contributed by atoms with van der Waals surface area (Å²) in [6, 6.07) is 0. The zero-order valence-corrected chi connectivity index (χ0v) is 8.30. The lowest BCUT2D eigenvalue weighted by molar-refractivity contribution is 0.397. The van der Waals surface area contributed by atoms with Gasteiger partial charge in [-0.2, -0.15) is 0 Å². The smallest absolute Gasteiger partial charge is 0.317 e. The van der Waals surface area contributed by atoms with Gasteiger partial charge in [0.05, 0.1) is 0 Å². The molecule has 0 unspecified atom stereocenters. The van der Waals surface area contributed by atoms with Gasteiger partial charge >= 0.3 is 6.80 Å². The Morgan fingerprint density at radius 1 is 1.60 bits per heavy atom. The van der Waals surface area contributed by atoms with Crippen molar-refractivity contribution in [3.05, 3.63) is 11.5 Å². The molecule has 0 fully saturated rings. The maximum Gasteiger partial charge on any atom is 0.380 e. The molecule has 0 spiro atoms. The Hall–Kier alpha value is 0.940. The molecule has 0 bridgehead atoms. The Bertz CT molecular complexity index is 139. The van der Waals surface area contributed by atoms with Gasteiger partial charge in [-0.15, -0.1) is 0 Å². The molecule has 1 aliphatic rings. The van der Waals surface area contributed by atoms with E-state index in [9.17, 15) is 4.57 Å². The van der Waals surface area contributed by atoms with Crippen LogP contribution in [-0.4, -0.2) is 15.5 Å². The predicted octanol–water partition coefficient (Wildman–Crippen LogP) is 1.90. The molecule has 3 nitrogen and oxygen atoms in total. The van der Waals surface area contributed by atoms with Crippen LogP contribution in [-0.2, 0) is 4.57 Å². The Morgan fingerprint density at radius 3 is 2.20 bits per heavy atom. The highest BCUT2D eigenvalue weighted by Gasteiger charge is 1.97. The van der Waals surface area contributed by atoms with E-state index in [0.29, 0.717) is 0 Å². The summed E-state index contributed by atoms with van der Waals surface area (Å²) in [5, 5.41) is 2.12. The highest BCUT2D eigenvalue weighted by Crippen LogP contribution is 2.39. The first kappa shape index (κ1) is 10.9. The van der Waals surface area contributed by atoms with Gasteiger partial charge in [0.15, 0.2) is 0 Å². The van der Waals surface area contributed by atoms with E-state index in [2.05, 4.69) is 23.7 Å². The van der Waals surface area contributed by atoms with Crippen molar-refractivity contribution in [2.75, 3.05) is 5.75 Å². The van der Waals surface area contributed by atoms with Gasteiger partial charge in [-0.25, -0.2) is 4.57 Å². The topological polar surface area (TPSA) is 57.5 Å². The van der Waals surface area contributed by atoms with Gasteiger partial charge in [0.1, 0.15) is 0 Å². The van der Waals surface area contributed by atoms with E-state index < -0.39 is 6.80 Å². The van der Waals surface area contributed by atoms with Crippen LogP contribution in [0, 0.1) is 0 Å². The second kappa shape index (κ2) is 5.57. The van der Waals surface area contributed by atoms with Crippen LogP contribution in [0.25, 0.3) is 0 Å². The van der Waals surface area contributed by atoms with Crippen molar-refractivity contribution in [2.45, 2.75) is 0 Å². The minimum absolute atomic E-state index is 1.20. The van der Waals surface area contributed by atoms with Crippen molar-refractivity contribution in [1.29, 1.82) is 0 Å². The van der Waals surface area contributed by atoms with Gasteiger partial charge in [0.25, 0.3) is 0 Å². The predicted molar refractivity (Wildman–Crippen MR) is 50.2 cm³/mol. The van der Waals surface area contributed by atoms with Gasteiger partial charge < -0.3 is 9.79 Å². The maximum absolute atomic E-state index is 9.19. The Kier molecular flexibility index (Phi) is 6.10. The second-order valence-corrected chi connectivity index (χ2v) is 6.17. The lowest BCUT2D eigenvalue weighted by Gasteiger charge is -1.82. The molecule has 1 aliphatic heterocycles. The molecule has 0 aliphatic carbocycles. The van der Waals surface area contributed by atoms with Crippen molar-refractivity contribution in [1.82, 2.24) is 0 Å². The fourth-order valence-electron chi connectivity index (χ4n) is 0.196. The Labute approximate surface area is 72.4 Å². The van der Waals surface area contributed by atoms with E-state index in [-0.39, 0.29) is 0 Å². The Morgan fingerprint density at radius 2 is 2.10 bits per heavy atom. The van der Waals surface area contributed by atoms with E-state index in [1.54, 1.807) is 0 Å². The van der Waals surface area contributed by atoms with Gasteiger partial charge in [0, 0.05) is 5.75 Å². The average Bonchev–Trinajstić information content (AvgIpc) is 2.07. The zero-order chi connectivity index (χ0) is 8.04. The van der Waals surface area contributed by atoms with Crippen LogP contribution in [0.2, 0.25) is 0 Å². The number of hydrogen-bond acceptors (Lipinski definition) is 3. The van der Waals surface area contributed by atoms with Crippen LogP contribution in [0.5, 0.6) is 0 Å². The molecule has 7 heteroatoms. The molecule has 1 heterocycles. The summed E-state index contributed by atoms with van der Waals surface area (Å²) >= 11 is 2.79. The molecule has 0 saturated heterocycles. The fraction of sp³-hybridized carbons (Fsp3) is 0.333. The summed E-state index contributed by atoms with van der Waals surface area (Å²) < 4.78 is 9.19. The normalized spacial score (nSPS) is 16.3. The number of rotatable bonds is 0. The third-order valence-corrected chi connectivity index (χ3v) is 2.30. The monoisotopic (exact) mass is 218 g/mol. The van der Waals surface area contributed by atoms with Gasteiger partial charge in [0.2, 0.25) is 0 Å². The molecule has 0 aromatic heterocycles. The highest BCUT2D eigenvalue weighted by molar-refractivity contribution is 8.78. The third-order valence-electron chi connectivity index (χ3n) is 0.384. The summed E-state index contributed by atoms with van der Waals surface area (Å²) in [5.41, 5.74) is 0. The summed E-state index contributed by atoms with van der Waals surface area (Å²) in [4.78, 5) is 15.0. The first-order valence-electron chi connectivity index (χ1n) is 2.22. The van der Waals surface area contributed by atoms with Crippen LogP contribution in [0.3, 0.4) is 0 Å². The highest BCUT2D eigenvalue weighted by atomic mass is 33.1. The lowest BCUT2D eigenvalue weighted by Crippen LogP contribution is -1.54. The third kappa shape index (κ3) is 16.0. The molecular formula is C3H7O3PS3. The maximum atomic E-state index is 9.19. The second-order valence-electron chi connectivity index (χ2n) is 1.27. The summed E-state index contributed by atoms with van der Waals surface area (Å²) in [5.74, 6) is 1.20. The molecular weight excluding hydrogens is 211 g/mol. The van der Waals surface area contributed by atoms with Gasteiger partial charge in [-0.05, 0) is 5.41 Å². The minimum Gasteiger partial charge on any atom is -0.317 e. The first-order valence-corrected chi connectivity index (χ1v) is 7.36. The van der Waals surface area contributed by atoms with Crippen LogP contribution < -0.4 is 0 Å². The summed E-state index contributed by atoms with van der Waals surface area (Å²) in [6.07, 6.45) is 2.16. The molecule has 0 aromatic rings. The molecule has 60 valence electrons. The summed E-state index contributed by atoms with van der Waals surface area (Å²) in [7, 11) is 3.69. The minimum atomic E-state index is -3.94. The molecule has 2 N–H and O–H groups in total. The molecule has 0 aromatic carbocycles. The SMILES string of the molecule is C1=CSSC1.O=P(O)(O)S. The van der Waals surface area contributed by atoms with Crippen molar-refractivity contribution in [2.24, 2.45) is 0 Å². The van der Waals surface area contributed by atoms with Crippen molar-refractivity contribution < 1.29 is 14.4 Å². The van der Waals surface area contributed by atoms with Gasteiger partial charge in [-0.1, -0.05) is 39.9 Å². The molecule has 0 atom stereocenters. The van der Waals surface area contributed by atoms with Crippen LogP contribution in [0.1, 0.15) is 0 Å². The lowest BCUT2D eigenvalue weighted by atomic mass is 10.8. The average molecular weight is 218 g/mol. The fourth-order valence-corrected chi connectivity index (χ4v) is 1.77. The largest absolute Gasteiger partial charge is 0.380 e. The van der Waals surface area contributed by atoms with Crippen molar-refractivity contribution >= 4 is 40.6 Å². The van der Waals surface area contributed by atoms with E-state index >= 15 is 0 Å². The zero-order valence-electron chi connectivity index (χ0n) is 4.88. The van der Waals surface area contributed by atoms with Crippen molar-refractivity contribution in [3.63, 3.8) is 0 Å². The molecule has 10 heavy (non-hydrogen) atoms. The number of thiol groups is 1. The standard InChI is InChI=1S/C3H4S2.H3O3PS/c1-2-4-5-3-1;1-4(2,3)5/h1-2H,3H2;(H3,1,2,3,5). The molecule has 0 amide bonds. The van der Waals surface area contributed by atoms with E-state index in [1.165, 1.54) is 5.75 Å². The summed E-state index contributed by atoms with van der Waals surface area (Å²) in [6.45, 7) is -3.94. The van der Waals surface area contributed by atoms with Gasteiger partial charge in [-0.3, -0.25) is 0 Å². The van der Waals surface area contributed by atoms with Crippen molar-refractivity contribution in [3.8, 4) is 0 Å². The quantitative estimate of drug-likeness (QED) is 0.329. The van der Waals surface area contributed by atoms with E-state index in [1.807, 2.05) is 21.6 Å². The molecule has 1 rings (SSSR count). The van der Waals surface area contributed by atoms with E-state index in [0.717, 1.165) is 0 Å².